The summed E-state index contributed by atoms with van der Waals surface area (Å²) < 4.78 is 0. The van der Waals surface area contributed by atoms with E-state index in [9.17, 15) is 0 Å². The van der Waals surface area contributed by atoms with Crippen molar-refractivity contribution < 1.29 is 0 Å². The van der Waals surface area contributed by atoms with Crippen LogP contribution in [0.4, 0.5) is 0 Å². The maximum absolute atomic E-state index is 2.41. The number of fused-ring (bicyclic) bond motifs is 3. The Morgan fingerprint density at radius 3 is 2.95 bits per heavy atom. The molecular weight excluding hydrogens is 240 g/mol. The Labute approximate surface area is 120 Å². The summed E-state index contributed by atoms with van der Waals surface area (Å²) in [5.41, 5.74) is 7.35. The third kappa shape index (κ3) is 1.76. The van der Waals surface area contributed by atoms with Gasteiger partial charge in [-0.05, 0) is 47.1 Å². The summed E-state index contributed by atoms with van der Waals surface area (Å²) >= 11 is 0. The molecule has 1 aromatic carbocycles. The Balaban J connectivity index is 2.00. The smallest absolute Gasteiger partial charge is 0.0284 e. The molecule has 0 bridgehead atoms. The molecule has 98 valence electrons. The van der Waals surface area contributed by atoms with Crippen molar-refractivity contribution in [1.29, 1.82) is 0 Å². The van der Waals surface area contributed by atoms with Crippen LogP contribution in [0.15, 0.2) is 77.9 Å². The Morgan fingerprint density at radius 2 is 1.95 bits per heavy atom. The third-order valence-electron chi connectivity index (χ3n) is 4.46. The van der Waals surface area contributed by atoms with Crippen molar-refractivity contribution >= 4 is 5.57 Å². The van der Waals surface area contributed by atoms with Crippen molar-refractivity contribution in [3.63, 3.8) is 0 Å². The Morgan fingerprint density at radius 1 is 1.00 bits per heavy atom. The molecule has 3 aliphatic rings. The van der Waals surface area contributed by atoms with Gasteiger partial charge in [-0.3, -0.25) is 0 Å². The van der Waals surface area contributed by atoms with Gasteiger partial charge >= 0.3 is 0 Å². The minimum Gasteiger partial charge on any atom is -0.0876 e. The van der Waals surface area contributed by atoms with E-state index in [4.69, 9.17) is 0 Å². The van der Waals surface area contributed by atoms with Gasteiger partial charge in [-0.1, -0.05) is 66.8 Å². The second-order valence-electron chi connectivity index (χ2n) is 5.65. The summed E-state index contributed by atoms with van der Waals surface area (Å²) in [5.74, 6) is 0.448. The molecule has 1 atom stereocenters. The van der Waals surface area contributed by atoms with Crippen LogP contribution in [0, 0.1) is 0 Å². The predicted octanol–water partition coefficient (Wildman–Crippen LogP) is 5.33. The maximum atomic E-state index is 2.41. The van der Waals surface area contributed by atoms with Crippen LogP contribution in [-0.4, -0.2) is 0 Å². The first-order valence-electron chi connectivity index (χ1n) is 7.49. The summed E-state index contributed by atoms with van der Waals surface area (Å²) in [6.45, 7) is 0. The zero-order valence-corrected chi connectivity index (χ0v) is 11.5. The van der Waals surface area contributed by atoms with Gasteiger partial charge in [-0.15, -0.1) is 0 Å². The van der Waals surface area contributed by atoms with Gasteiger partial charge in [0.1, 0.15) is 0 Å². The van der Waals surface area contributed by atoms with Crippen LogP contribution in [0.2, 0.25) is 0 Å². The zero-order valence-electron chi connectivity index (χ0n) is 11.5. The SMILES string of the molecule is C1=C/C=C2/CCC/C=C\C3C2=C(C=C1)c1ccccc13. The highest BCUT2D eigenvalue weighted by Crippen LogP contribution is 2.48. The molecule has 1 aromatic rings. The first-order valence-corrected chi connectivity index (χ1v) is 7.49. The van der Waals surface area contributed by atoms with E-state index < -0.39 is 0 Å². The van der Waals surface area contributed by atoms with E-state index in [2.05, 4.69) is 66.8 Å². The first-order chi connectivity index (χ1) is 9.95. The number of hydrogen-bond donors (Lipinski definition) is 0. The van der Waals surface area contributed by atoms with E-state index >= 15 is 0 Å². The molecule has 0 fully saturated rings. The minimum absolute atomic E-state index is 0.448. The third-order valence-corrected chi connectivity index (χ3v) is 4.46. The van der Waals surface area contributed by atoms with Crippen molar-refractivity contribution in [2.45, 2.75) is 25.2 Å². The van der Waals surface area contributed by atoms with Gasteiger partial charge in [0.25, 0.3) is 0 Å². The molecule has 0 saturated heterocycles. The number of allylic oxidation sites excluding steroid dienone is 10. The molecule has 0 N–H and O–H groups in total. The van der Waals surface area contributed by atoms with Crippen molar-refractivity contribution in [3.8, 4) is 0 Å². The van der Waals surface area contributed by atoms with E-state index in [1.54, 1.807) is 0 Å². The van der Waals surface area contributed by atoms with Crippen LogP contribution >= 0.6 is 0 Å². The fraction of sp³-hybridized carbons (Fsp3) is 0.200. The molecule has 0 spiro atoms. The van der Waals surface area contributed by atoms with E-state index in [-0.39, 0.29) is 0 Å². The van der Waals surface area contributed by atoms with Crippen molar-refractivity contribution in [1.82, 2.24) is 0 Å². The topological polar surface area (TPSA) is 0 Å². The van der Waals surface area contributed by atoms with E-state index in [0.717, 1.165) is 0 Å². The molecule has 0 nitrogen and oxygen atoms in total. The summed E-state index contributed by atoms with van der Waals surface area (Å²) in [6, 6.07) is 8.87. The average Bonchev–Trinajstić information content (AvgIpc) is 2.72. The summed E-state index contributed by atoms with van der Waals surface area (Å²) in [6.07, 6.45) is 19.5. The lowest BCUT2D eigenvalue weighted by molar-refractivity contribution is 0.803. The maximum Gasteiger partial charge on any atom is 0.0284 e. The van der Waals surface area contributed by atoms with Crippen LogP contribution in [0.5, 0.6) is 0 Å². The summed E-state index contributed by atoms with van der Waals surface area (Å²) in [7, 11) is 0. The van der Waals surface area contributed by atoms with Crippen LogP contribution in [-0.2, 0) is 0 Å². The molecule has 0 heteroatoms. The average molecular weight is 258 g/mol. The van der Waals surface area contributed by atoms with Crippen LogP contribution in [0.3, 0.4) is 0 Å². The normalized spacial score (nSPS) is 27.6. The van der Waals surface area contributed by atoms with Gasteiger partial charge in [0.05, 0.1) is 0 Å². The van der Waals surface area contributed by atoms with Gasteiger partial charge in [-0.25, -0.2) is 0 Å². The van der Waals surface area contributed by atoms with Crippen LogP contribution in [0.1, 0.15) is 36.3 Å². The second kappa shape index (κ2) is 4.79. The highest BCUT2D eigenvalue weighted by atomic mass is 14.3. The monoisotopic (exact) mass is 258 g/mol. The van der Waals surface area contributed by atoms with Crippen molar-refractivity contribution in [2.24, 2.45) is 0 Å². The minimum atomic E-state index is 0.448. The number of rotatable bonds is 0. The van der Waals surface area contributed by atoms with E-state index in [0.29, 0.717) is 5.92 Å². The molecule has 0 aliphatic heterocycles. The molecule has 0 heterocycles. The summed E-state index contributed by atoms with van der Waals surface area (Å²) in [4.78, 5) is 0. The van der Waals surface area contributed by atoms with Crippen LogP contribution in [0.25, 0.3) is 5.57 Å². The lowest BCUT2D eigenvalue weighted by atomic mass is 9.85. The van der Waals surface area contributed by atoms with Gasteiger partial charge in [0.15, 0.2) is 0 Å². The Bertz CT molecular complexity index is 693. The Hall–Kier alpha value is -2.08. The highest BCUT2D eigenvalue weighted by Gasteiger charge is 2.30. The number of benzene rings is 1. The quantitative estimate of drug-likeness (QED) is 0.552. The molecule has 1 unspecified atom stereocenters. The van der Waals surface area contributed by atoms with Crippen LogP contribution < -0.4 is 0 Å². The molecule has 3 aliphatic carbocycles. The van der Waals surface area contributed by atoms with E-state index in [1.807, 2.05) is 0 Å². The first kappa shape index (κ1) is 11.7. The van der Waals surface area contributed by atoms with Crippen molar-refractivity contribution in [2.75, 3.05) is 0 Å². The molecule has 0 aromatic heterocycles. The zero-order chi connectivity index (χ0) is 13.4. The Kier molecular flexibility index (Phi) is 2.81. The van der Waals surface area contributed by atoms with E-state index in [1.165, 1.54) is 47.1 Å². The second-order valence-corrected chi connectivity index (χ2v) is 5.65. The molecule has 0 saturated carbocycles. The van der Waals surface area contributed by atoms with Crippen molar-refractivity contribution in [3.05, 3.63) is 89.1 Å². The fourth-order valence-electron chi connectivity index (χ4n) is 3.57. The molecule has 0 radical (unpaired) electrons. The highest BCUT2D eigenvalue weighted by molar-refractivity contribution is 5.88. The lowest BCUT2D eigenvalue weighted by Crippen LogP contribution is -2.02. The lowest BCUT2D eigenvalue weighted by Gasteiger charge is -2.19. The standard InChI is InChI=1S/C20H18/c1-3-9-15-10-4-2-6-14-19-17-12-8-7-11-16(17)18(13-5-1)20(15)19/h1,3,5-9,11-14,19H,2,4,10H2/b3-1?,5-1?,9-3?,13-5?,14-6-,15-9-,18-13?,20-15?. The van der Waals surface area contributed by atoms with Gasteiger partial charge in [0.2, 0.25) is 0 Å². The van der Waals surface area contributed by atoms with Gasteiger partial charge in [-0.2, -0.15) is 0 Å². The molecule has 4 rings (SSSR count). The fourth-order valence-corrected chi connectivity index (χ4v) is 3.57. The molecular formula is C20H18. The largest absolute Gasteiger partial charge is 0.0876 e. The number of hydrogen-bond acceptors (Lipinski definition) is 0. The molecule has 0 amide bonds. The van der Waals surface area contributed by atoms with Gasteiger partial charge < -0.3 is 0 Å². The molecule has 20 heavy (non-hydrogen) atoms. The summed E-state index contributed by atoms with van der Waals surface area (Å²) in [5, 5.41) is 0. The van der Waals surface area contributed by atoms with Gasteiger partial charge in [0, 0.05) is 5.92 Å². The predicted molar refractivity (Wildman–Crippen MR) is 85.5 cm³/mol.